The molecule has 1 aromatic carbocycles. The zero-order valence-electron chi connectivity index (χ0n) is 20.8. The quantitative estimate of drug-likeness (QED) is 0.269. The lowest BCUT2D eigenvalue weighted by Crippen LogP contribution is -2.36. The van der Waals surface area contributed by atoms with E-state index < -0.39 is 23.6 Å². The van der Waals surface area contributed by atoms with Crippen molar-refractivity contribution >= 4 is 41.0 Å². The molecule has 37 heavy (non-hydrogen) atoms. The Hall–Kier alpha value is -2.68. The number of aliphatic imine (C=N–C) groups is 1. The van der Waals surface area contributed by atoms with Gasteiger partial charge in [-0.25, -0.2) is 8.78 Å². The molecular weight excluding hydrogens is 521 g/mol. The second-order valence-corrected chi connectivity index (χ2v) is 10.1. The van der Waals surface area contributed by atoms with Crippen molar-refractivity contribution in [3.8, 4) is 0 Å². The first-order valence-corrected chi connectivity index (χ1v) is 12.9. The second kappa shape index (κ2) is 13.2. The Morgan fingerprint density at radius 1 is 1.14 bits per heavy atom. The van der Waals surface area contributed by atoms with Crippen LogP contribution < -0.4 is 0 Å². The Morgan fingerprint density at radius 2 is 1.73 bits per heavy atom. The van der Waals surface area contributed by atoms with E-state index in [4.69, 9.17) is 33.6 Å². The van der Waals surface area contributed by atoms with Crippen LogP contribution in [0.5, 0.6) is 0 Å². The SMILES string of the molecule is CC(C)/C(N=C1CCCCC1)=C(/C=N)C(=O)N(Cc1cc(F)cc(F)c1)CC(O)c1c(Cl)cncc1Cl. The van der Waals surface area contributed by atoms with E-state index in [0.717, 1.165) is 62.2 Å². The molecule has 1 atom stereocenters. The number of nitrogens with one attached hydrogen (secondary N) is 1. The van der Waals surface area contributed by atoms with Gasteiger partial charge in [0.05, 0.1) is 34.0 Å². The van der Waals surface area contributed by atoms with E-state index in [2.05, 4.69) is 4.98 Å². The van der Waals surface area contributed by atoms with Crippen molar-refractivity contribution in [2.24, 2.45) is 10.9 Å². The first-order chi connectivity index (χ1) is 17.6. The van der Waals surface area contributed by atoms with Crippen LogP contribution in [0.25, 0.3) is 0 Å². The Kier molecular flexibility index (Phi) is 10.3. The lowest BCUT2D eigenvalue weighted by atomic mass is 9.97. The molecule has 2 N–H and O–H groups in total. The molecule has 1 amide bonds. The van der Waals surface area contributed by atoms with Crippen LogP contribution in [0.15, 0.2) is 46.9 Å². The minimum atomic E-state index is -1.33. The largest absolute Gasteiger partial charge is 0.386 e. The number of carbonyl (C=O) groups excluding carboxylic acids is 1. The maximum Gasteiger partial charge on any atom is 0.257 e. The number of aliphatic hydroxyl groups excluding tert-OH is 1. The molecule has 1 fully saturated rings. The molecule has 0 bridgehead atoms. The van der Waals surface area contributed by atoms with Gasteiger partial charge in [0.25, 0.3) is 5.91 Å². The summed E-state index contributed by atoms with van der Waals surface area (Å²) in [6.45, 7) is 3.23. The summed E-state index contributed by atoms with van der Waals surface area (Å²) in [6.07, 6.45) is 7.10. The van der Waals surface area contributed by atoms with E-state index in [9.17, 15) is 18.7 Å². The lowest BCUT2D eigenvalue weighted by Gasteiger charge is -2.28. The monoisotopic (exact) mass is 550 g/mol. The third kappa shape index (κ3) is 7.66. The number of hydrogen-bond donors (Lipinski definition) is 2. The first-order valence-electron chi connectivity index (χ1n) is 12.1. The molecule has 2 aromatic rings. The fourth-order valence-corrected chi connectivity index (χ4v) is 4.96. The smallest absolute Gasteiger partial charge is 0.257 e. The van der Waals surface area contributed by atoms with Gasteiger partial charge in [-0.15, -0.1) is 0 Å². The van der Waals surface area contributed by atoms with E-state index in [1.54, 1.807) is 0 Å². The van der Waals surface area contributed by atoms with Crippen molar-refractivity contribution < 1.29 is 18.7 Å². The molecule has 1 unspecified atom stereocenters. The van der Waals surface area contributed by atoms with Crippen molar-refractivity contribution in [2.75, 3.05) is 6.54 Å². The normalized spacial score (nSPS) is 15.3. The van der Waals surface area contributed by atoms with Crippen molar-refractivity contribution in [1.29, 1.82) is 5.41 Å². The lowest BCUT2D eigenvalue weighted by molar-refractivity contribution is -0.128. The molecule has 198 valence electrons. The highest BCUT2D eigenvalue weighted by Gasteiger charge is 2.27. The molecule has 0 saturated heterocycles. The van der Waals surface area contributed by atoms with Crippen LogP contribution >= 0.6 is 23.2 Å². The van der Waals surface area contributed by atoms with Gasteiger partial charge in [-0.05, 0) is 49.3 Å². The zero-order chi connectivity index (χ0) is 27.1. The van der Waals surface area contributed by atoms with Gasteiger partial charge in [0, 0.05) is 42.5 Å². The fraction of sp³-hybridized carbons (Fsp3) is 0.407. The van der Waals surface area contributed by atoms with Gasteiger partial charge in [0.1, 0.15) is 11.6 Å². The fourth-order valence-electron chi connectivity index (χ4n) is 4.34. The molecular formula is C27H30Cl2F2N4O2. The molecule has 1 heterocycles. The summed E-state index contributed by atoms with van der Waals surface area (Å²) in [5, 5.41) is 19.3. The summed E-state index contributed by atoms with van der Waals surface area (Å²) < 4.78 is 27.9. The number of hydrogen-bond acceptors (Lipinski definition) is 5. The average Bonchev–Trinajstić information content (AvgIpc) is 2.83. The van der Waals surface area contributed by atoms with Crippen LogP contribution in [0.2, 0.25) is 10.0 Å². The van der Waals surface area contributed by atoms with Gasteiger partial charge in [-0.2, -0.15) is 0 Å². The van der Waals surface area contributed by atoms with Crippen LogP contribution in [0.3, 0.4) is 0 Å². The standard InChI is InChI=1S/C27H30Cl2F2N4O2/c1-16(2)26(34-20-6-4-3-5-7-20)21(11-32)27(37)35(14-17-8-18(30)10-19(31)9-17)15-24(36)25-22(28)12-33-13-23(25)29/h8-13,16,24,32,36H,3-7,14-15H2,1-2H3/b26-21+,32-11?. The molecule has 3 rings (SSSR count). The van der Waals surface area contributed by atoms with Crippen LogP contribution in [0.4, 0.5) is 8.78 Å². The number of benzene rings is 1. The van der Waals surface area contributed by atoms with Gasteiger partial charge in [-0.1, -0.05) is 43.5 Å². The summed E-state index contributed by atoms with van der Waals surface area (Å²) in [7, 11) is 0. The first kappa shape index (κ1) is 28.9. The Balaban J connectivity index is 2.05. The Labute approximate surface area is 225 Å². The van der Waals surface area contributed by atoms with Crippen LogP contribution in [0.1, 0.15) is 63.2 Å². The topological polar surface area (TPSA) is 89.6 Å². The van der Waals surface area contributed by atoms with E-state index in [-0.39, 0.29) is 45.8 Å². The molecule has 0 spiro atoms. The number of aromatic nitrogens is 1. The highest BCUT2D eigenvalue weighted by Crippen LogP contribution is 2.31. The summed E-state index contributed by atoms with van der Waals surface area (Å²) in [6, 6.07) is 2.96. The number of rotatable bonds is 9. The van der Waals surface area contributed by atoms with Gasteiger partial charge >= 0.3 is 0 Å². The molecule has 10 heteroatoms. The van der Waals surface area contributed by atoms with E-state index in [1.807, 2.05) is 13.8 Å². The molecule has 1 aliphatic rings. The summed E-state index contributed by atoms with van der Waals surface area (Å²) in [5.74, 6) is -2.36. The van der Waals surface area contributed by atoms with Crippen molar-refractivity contribution in [2.45, 2.75) is 58.6 Å². The average molecular weight is 551 g/mol. The number of halogens is 4. The molecule has 1 aromatic heterocycles. The summed E-state index contributed by atoms with van der Waals surface area (Å²) >= 11 is 12.4. The number of carbonyl (C=O) groups is 1. The van der Waals surface area contributed by atoms with Gasteiger partial charge < -0.3 is 15.4 Å². The van der Waals surface area contributed by atoms with Gasteiger partial charge in [-0.3, -0.25) is 14.8 Å². The summed E-state index contributed by atoms with van der Waals surface area (Å²) in [5.41, 5.74) is 1.84. The highest BCUT2D eigenvalue weighted by atomic mass is 35.5. The highest BCUT2D eigenvalue weighted by molar-refractivity contribution is 6.35. The minimum absolute atomic E-state index is 0.0454. The van der Waals surface area contributed by atoms with Crippen molar-refractivity contribution in [3.63, 3.8) is 0 Å². The minimum Gasteiger partial charge on any atom is -0.386 e. The summed E-state index contributed by atoms with van der Waals surface area (Å²) in [4.78, 5) is 23.7. The maximum atomic E-state index is 13.9. The third-order valence-corrected chi connectivity index (χ3v) is 6.71. The maximum absolute atomic E-state index is 13.9. The second-order valence-electron chi connectivity index (χ2n) is 9.33. The van der Waals surface area contributed by atoms with Crippen LogP contribution in [-0.2, 0) is 11.3 Å². The number of aliphatic hydroxyl groups is 1. The van der Waals surface area contributed by atoms with E-state index in [0.29, 0.717) is 5.70 Å². The molecule has 6 nitrogen and oxygen atoms in total. The molecule has 1 aliphatic carbocycles. The van der Waals surface area contributed by atoms with E-state index in [1.165, 1.54) is 17.3 Å². The molecule has 0 aliphatic heterocycles. The van der Waals surface area contributed by atoms with Crippen LogP contribution in [-0.4, -0.2) is 39.4 Å². The predicted octanol–water partition coefficient (Wildman–Crippen LogP) is 6.69. The van der Waals surface area contributed by atoms with E-state index >= 15 is 0 Å². The molecule has 0 radical (unpaired) electrons. The predicted molar refractivity (Wildman–Crippen MR) is 142 cm³/mol. The number of pyridine rings is 1. The van der Waals surface area contributed by atoms with Gasteiger partial charge in [0.15, 0.2) is 0 Å². The van der Waals surface area contributed by atoms with Crippen molar-refractivity contribution in [3.05, 3.63) is 74.7 Å². The third-order valence-electron chi connectivity index (χ3n) is 6.11. The number of allylic oxidation sites excluding steroid dienone is 1. The number of amides is 1. The van der Waals surface area contributed by atoms with Gasteiger partial charge in [0.2, 0.25) is 0 Å². The van der Waals surface area contributed by atoms with Crippen LogP contribution in [0, 0.1) is 23.0 Å². The Bertz CT molecular complexity index is 1170. The number of nitrogens with zero attached hydrogens (tertiary/aromatic N) is 3. The Morgan fingerprint density at radius 3 is 2.27 bits per heavy atom. The zero-order valence-corrected chi connectivity index (χ0v) is 22.3. The van der Waals surface area contributed by atoms with Crippen molar-refractivity contribution in [1.82, 2.24) is 9.88 Å². The molecule has 1 saturated carbocycles.